The van der Waals surface area contributed by atoms with Gasteiger partial charge in [-0.05, 0) is 30.5 Å². The highest BCUT2D eigenvalue weighted by Gasteiger charge is 2.29. The number of nitrogens with zero attached hydrogens (tertiary/aromatic N) is 1. The number of carbonyl (C=O) groups excluding carboxylic acids is 2. The Balaban J connectivity index is 0.00000264. The Labute approximate surface area is 142 Å². The van der Waals surface area contributed by atoms with Gasteiger partial charge in [0.15, 0.2) is 0 Å². The van der Waals surface area contributed by atoms with Gasteiger partial charge >= 0.3 is 0 Å². The molecule has 1 aliphatic rings. The summed E-state index contributed by atoms with van der Waals surface area (Å²) in [4.78, 5) is 25.3. The average molecular weight is 342 g/mol. The molecule has 6 nitrogen and oxygen atoms in total. The van der Waals surface area contributed by atoms with Crippen molar-refractivity contribution < 1.29 is 14.3 Å². The van der Waals surface area contributed by atoms with E-state index in [-0.39, 0.29) is 30.3 Å². The van der Waals surface area contributed by atoms with Crippen molar-refractivity contribution in [3.8, 4) is 0 Å². The third kappa shape index (κ3) is 5.20. The van der Waals surface area contributed by atoms with Crippen LogP contribution in [0.4, 0.5) is 0 Å². The standard InChI is InChI=1S/C16H23N3O3.ClH/c1-19(2)16(21)12-5-3-11(4-6-12)10-18-15(20)14-8-7-13(9-17)22-14;/h3-6,13-14H,7-10,17H2,1-2H3,(H,18,20);1H/t13-,14+;/m1./s1. The minimum absolute atomic E-state index is 0. The van der Waals surface area contributed by atoms with Gasteiger partial charge in [0.05, 0.1) is 6.10 Å². The zero-order valence-electron chi connectivity index (χ0n) is 13.5. The van der Waals surface area contributed by atoms with Gasteiger partial charge in [0.2, 0.25) is 5.91 Å². The van der Waals surface area contributed by atoms with E-state index in [2.05, 4.69) is 5.32 Å². The molecule has 1 heterocycles. The first kappa shape index (κ1) is 19.4. The lowest BCUT2D eigenvalue weighted by Crippen LogP contribution is -2.35. The summed E-state index contributed by atoms with van der Waals surface area (Å²) in [7, 11) is 3.43. The molecule has 7 heteroatoms. The lowest BCUT2D eigenvalue weighted by molar-refractivity contribution is -0.132. The van der Waals surface area contributed by atoms with Crippen molar-refractivity contribution >= 4 is 24.2 Å². The molecule has 2 rings (SSSR count). The molecule has 128 valence electrons. The molecular weight excluding hydrogens is 318 g/mol. The molecule has 2 atom stereocenters. The van der Waals surface area contributed by atoms with Gasteiger partial charge in [0.25, 0.3) is 5.91 Å². The second kappa shape index (κ2) is 8.86. The number of benzene rings is 1. The van der Waals surface area contributed by atoms with E-state index < -0.39 is 6.10 Å². The largest absolute Gasteiger partial charge is 0.364 e. The van der Waals surface area contributed by atoms with Crippen molar-refractivity contribution in [1.82, 2.24) is 10.2 Å². The van der Waals surface area contributed by atoms with Crippen LogP contribution in [0.2, 0.25) is 0 Å². The zero-order chi connectivity index (χ0) is 16.1. The molecule has 0 radical (unpaired) electrons. The third-order valence-corrected chi connectivity index (χ3v) is 3.74. The number of carbonyl (C=O) groups is 2. The van der Waals surface area contributed by atoms with Gasteiger partial charge in [-0.15, -0.1) is 12.4 Å². The van der Waals surface area contributed by atoms with Gasteiger partial charge < -0.3 is 20.7 Å². The number of rotatable bonds is 5. The van der Waals surface area contributed by atoms with Crippen LogP contribution in [0, 0.1) is 0 Å². The molecule has 23 heavy (non-hydrogen) atoms. The molecule has 3 N–H and O–H groups in total. The van der Waals surface area contributed by atoms with Gasteiger partial charge in [-0.3, -0.25) is 9.59 Å². The fourth-order valence-corrected chi connectivity index (χ4v) is 2.40. The van der Waals surface area contributed by atoms with E-state index in [0.717, 1.165) is 12.0 Å². The predicted molar refractivity (Wildman–Crippen MR) is 90.5 cm³/mol. The zero-order valence-corrected chi connectivity index (χ0v) is 14.3. The first-order valence-electron chi connectivity index (χ1n) is 7.45. The summed E-state index contributed by atoms with van der Waals surface area (Å²) >= 11 is 0. The van der Waals surface area contributed by atoms with E-state index in [1.165, 1.54) is 4.90 Å². The maximum Gasteiger partial charge on any atom is 0.253 e. The second-order valence-corrected chi connectivity index (χ2v) is 5.67. The highest BCUT2D eigenvalue weighted by molar-refractivity contribution is 5.93. The maximum atomic E-state index is 12.0. The third-order valence-electron chi connectivity index (χ3n) is 3.74. The van der Waals surface area contributed by atoms with Gasteiger partial charge in [0.1, 0.15) is 6.10 Å². The van der Waals surface area contributed by atoms with Crippen molar-refractivity contribution in [2.24, 2.45) is 5.73 Å². The lowest BCUT2D eigenvalue weighted by Gasteiger charge is -2.13. The normalized spacial score (nSPS) is 19.8. The Morgan fingerprint density at radius 3 is 2.43 bits per heavy atom. The molecule has 0 unspecified atom stereocenters. The monoisotopic (exact) mass is 341 g/mol. The molecule has 0 spiro atoms. The average Bonchev–Trinajstić information content (AvgIpc) is 3.01. The van der Waals surface area contributed by atoms with E-state index in [1.54, 1.807) is 26.2 Å². The molecule has 0 aliphatic carbocycles. The fraction of sp³-hybridized carbons (Fsp3) is 0.500. The van der Waals surface area contributed by atoms with E-state index in [4.69, 9.17) is 10.5 Å². The number of amides is 2. The van der Waals surface area contributed by atoms with Crippen LogP contribution < -0.4 is 11.1 Å². The van der Waals surface area contributed by atoms with Gasteiger partial charge in [-0.25, -0.2) is 0 Å². The van der Waals surface area contributed by atoms with Gasteiger partial charge in [0, 0.05) is 32.7 Å². The molecule has 1 aromatic rings. The van der Waals surface area contributed by atoms with Crippen LogP contribution in [0.15, 0.2) is 24.3 Å². The number of hydrogen-bond acceptors (Lipinski definition) is 4. The summed E-state index contributed by atoms with van der Waals surface area (Å²) in [6, 6.07) is 7.21. The minimum atomic E-state index is -0.400. The molecule has 2 amide bonds. The highest BCUT2D eigenvalue weighted by atomic mass is 35.5. The van der Waals surface area contributed by atoms with Crippen molar-refractivity contribution in [3.63, 3.8) is 0 Å². The Hall–Kier alpha value is -1.63. The number of halogens is 1. The molecule has 1 saturated heterocycles. The number of nitrogens with one attached hydrogen (secondary N) is 1. The van der Waals surface area contributed by atoms with E-state index >= 15 is 0 Å². The highest BCUT2D eigenvalue weighted by Crippen LogP contribution is 2.19. The molecule has 0 aromatic heterocycles. The second-order valence-electron chi connectivity index (χ2n) is 5.67. The van der Waals surface area contributed by atoms with Crippen LogP contribution in [0.5, 0.6) is 0 Å². The summed E-state index contributed by atoms with van der Waals surface area (Å²) in [5.41, 5.74) is 7.10. The summed E-state index contributed by atoms with van der Waals surface area (Å²) < 4.78 is 5.55. The number of nitrogens with two attached hydrogens (primary N) is 1. The molecular formula is C16H24ClN3O3. The van der Waals surface area contributed by atoms with Crippen LogP contribution in [0.25, 0.3) is 0 Å². The Bertz CT molecular complexity index is 534. The fourth-order valence-electron chi connectivity index (χ4n) is 2.40. The SMILES string of the molecule is CN(C)C(=O)c1ccc(CNC(=O)[C@@H]2CC[C@H](CN)O2)cc1.Cl. The van der Waals surface area contributed by atoms with E-state index in [9.17, 15) is 9.59 Å². The topological polar surface area (TPSA) is 84.7 Å². The lowest BCUT2D eigenvalue weighted by atomic mass is 10.1. The summed E-state index contributed by atoms with van der Waals surface area (Å²) in [6.07, 6.45) is 1.13. The molecule has 1 aliphatic heterocycles. The van der Waals surface area contributed by atoms with Crippen molar-refractivity contribution in [2.45, 2.75) is 31.6 Å². The first-order valence-corrected chi connectivity index (χ1v) is 7.45. The minimum Gasteiger partial charge on any atom is -0.364 e. The smallest absolute Gasteiger partial charge is 0.253 e. The molecule has 0 saturated carbocycles. The van der Waals surface area contributed by atoms with Gasteiger partial charge in [-0.2, -0.15) is 0 Å². The quantitative estimate of drug-likeness (QED) is 0.834. The van der Waals surface area contributed by atoms with Crippen LogP contribution in [-0.4, -0.2) is 49.6 Å². The van der Waals surface area contributed by atoms with Crippen LogP contribution in [0.3, 0.4) is 0 Å². The van der Waals surface area contributed by atoms with Crippen LogP contribution in [0.1, 0.15) is 28.8 Å². The Morgan fingerprint density at radius 2 is 1.91 bits per heavy atom. The summed E-state index contributed by atoms with van der Waals surface area (Å²) in [5, 5.41) is 2.86. The first-order chi connectivity index (χ1) is 10.5. The van der Waals surface area contributed by atoms with Crippen molar-refractivity contribution in [1.29, 1.82) is 0 Å². The summed E-state index contributed by atoms with van der Waals surface area (Å²) in [5.74, 6) is -0.146. The molecule has 1 aromatic carbocycles. The van der Waals surface area contributed by atoms with Gasteiger partial charge in [-0.1, -0.05) is 12.1 Å². The van der Waals surface area contributed by atoms with Crippen molar-refractivity contribution in [3.05, 3.63) is 35.4 Å². The predicted octanol–water partition coefficient (Wildman–Crippen LogP) is 0.933. The Morgan fingerprint density at radius 1 is 1.26 bits per heavy atom. The summed E-state index contributed by atoms with van der Waals surface area (Å²) in [6.45, 7) is 0.869. The molecule has 0 bridgehead atoms. The van der Waals surface area contributed by atoms with E-state index in [1.807, 2.05) is 12.1 Å². The van der Waals surface area contributed by atoms with E-state index in [0.29, 0.717) is 25.1 Å². The van der Waals surface area contributed by atoms with Crippen LogP contribution in [-0.2, 0) is 16.1 Å². The maximum absolute atomic E-state index is 12.0. The van der Waals surface area contributed by atoms with Crippen molar-refractivity contribution in [2.75, 3.05) is 20.6 Å². The van der Waals surface area contributed by atoms with Crippen LogP contribution >= 0.6 is 12.4 Å². The number of hydrogen-bond donors (Lipinski definition) is 2. The Kier molecular flexibility index (Phi) is 7.48. The number of ether oxygens (including phenoxy) is 1. The molecule has 1 fully saturated rings.